The molecular formula is C15H14Cl2O. The molecule has 0 aliphatic heterocycles. The Morgan fingerprint density at radius 3 is 1.94 bits per heavy atom. The molecule has 1 nitrogen and oxygen atoms in total. The minimum atomic E-state index is -0.801. The molecule has 2 aromatic rings. The fourth-order valence-electron chi connectivity index (χ4n) is 2.11. The number of halogens is 2. The smallest absolute Gasteiger partial charge is 0.107 e. The lowest BCUT2D eigenvalue weighted by atomic mass is 9.98. The second kappa shape index (κ2) is 5.31. The van der Waals surface area contributed by atoms with Crippen molar-refractivity contribution in [2.45, 2.75) is 20.0 Å². The Kier molecular flexibility index (Phi) is 3.96. The molecular weight excluding hydrogens is 267 g/mol. The minimum Gasteiger partial charge on any atom is -0.384 e. The number of rotatable bonds is 2. The summed E-state index contributed by atoms with van der Waals surface area (Å²) >= 11 is 12.2. The van der Waals surface area contributed by atoms with E-state index in [1.54, 1.807) is 18.2 Å². The normalized spacial score (nSPS) is 12.5. The van der Waals surface area contributed by atoms with Crippen LogP contribution in [0.25, 0.3) is 0 Å². The van der Waals surface area contributed by atoms with Crippen LogP contribution in [-0.2, 0) is 0 Å². The van der Waals surface area contributed by atoms with E-state index in [0.717, 1.165) is 16.7 Å². The van der Waals surface area contributed by atoms with Crippen molar-refractivity contribution < 1.29 is 5.11 Å². The van der Waals surface area contributed by atoms with Crippen LogP contribution in [0.4, 0.5) is 0 Å². The van der Waals surface area contributed by atoms with Gasteiger partial charge in [0.05, 0.1) is 0 Å². The molecule has 0 aliphatic rings. The molecule has 1 atom stereocenters. The van der Waals surface area contributed by atoms with Gasteiger partial charge in [-0.25, -0.2) is 0 Å². The lowest BCUT2D eigenvalue weighted by Gasteiger charge is -2.16. The number of aryl methyl sites for hydroxylation is 2. The van der Waals surface area contributed by atoms with Crippen molar-refractivity contribution in [2.75, 3.05) is 0 Å². The molecule has 0 amide bonds. The third-order valence-corrected chi connectivity index (χ3v) is 3.49. The zero-order chi connectivity index (χ0) is 13.3. The van der Waals surface area contributed by atoms with Crippen molar-refractivity contribution in [1.82, 2.24) is 0 Å². The van der Waals surface area contributed by atoms with Gasteiger partial charge in [-0.15, -0.1) is 0 Å². The number of hydrogen-bond donors (Lipinski definition) is 1. The Labute approximate surface area is 117 Å². The highest BCUT2D eigenvalue weighted by Crippen LogP contribution is 2.34. The standard InChI is InChI=1S/C15H14Cl2O/c1-9-6-10(2)8-11(7-9)15(18)14-12(16)4-3-5-13(14)17/h3-8,15,18H,1-2H3. The maximum atomic E-state index is 10.4. The summed E-state index contributed by atoms with van der Waals surface area (Å²) in [6.45, 7) is 3.99. The highest BCUT2D eigenvalue weighted by atomic mass is 35.5. The fourth-order valence-corrected chi connectivity index (χ4v) is 2.71. The van der Waals surface area contributed by atoms with Crippen molar-refractivity contribution in [3.8, 4) is 0 Å². The van der Waals surface area contributed by atoms with Crippen molar-refractivity contribution in [1.29, 1.82) is 0 Å². The van der Waals surface area contributed by atoms with Crippen LogP contribution in [0.5, 0.6) is 0 Å². The Morgan fingerprint density at radius 2 is 1.44 bits per heavy atom. The first-order valence-electron chi connectivity index (χ1n) is 5.69. The van der Waals surface area contributed by atoms with Crippen molar-refractivity contribution in [2.24, 2.45) is 0 Å². The predicted octanol–water partition coefficient (Wildman–Crippen LogP) is 4.69. The lowest BCUT2D eigenvalue weighted by Crippen LogP contribution is -2.02. The molecule has 3 heteroatoms. The molecule has 18 heavy (non-hydrogen) atoms. The Bertz CT molecular complexity index is 538. The van der Waals surface area contributed by atoms with Gasteiger partial charge in [0.2, 0.25) is 0 Å². The van der Waals surface area contributed by atoms with Crippen LogP contribution in [-0.4, -0.2) is 5.11 Å². The number of aliphatic hydroxyl groups is 1. The van der Waals surface area contributed by atoms with Crippen LogP contribution in [0, 0.1) is 13.8 Å². The maximum Gasteiger partial charge on any atom is 0.107 e. The molecule has 0 heterocycles. The summed E-state index contributed by atoms with van der Waals surface area (Å²) in [5, 5.41) is 11.4. The molecule has 0 saturated carbocycles. The van der Waals surface area contributed by atoms with Gasteiger partial charge in [-0.3, -0.25) is 0 Å². The highest BCUT2D eigenvalue weighted by molar-refractivity contribution is 6.36. The SMILES string of the molecule is Cc1cc(C)cc(C(O)c2c(Cl)cccc2Cl)c1. The molecule has 1 unspecified atom stereocenters. The van der Waals surface area contributed by atoms with E-state index in [-0.39, 0.29) is 0 Å². The first-order valence-corrected chi connectivity index (χ1v) is 6.45. The topological polar surface area (TPSA) is 20.2 Å². The second-order valence-electron chi connectivity index (χ2n) is 4.46. The quantitative estimate of drug-likeness (QED) is 0.846. The van der Waals surface area contributed by atoms with E-state index in [0.29, 0.717) is 15.6 Å². The van der Waals surface area contributed by atoms with Gasteiger partial charge in [-0.05, 0) is 31.5 Å². The van der Waals surface area contributed by atoms with Crippen molar-refractivity contribution in [3.63, 3.8) is 0 Å². The average Bonchev–Trinajstić information content (AvgIpc) is 2.27. The van der Waals surface area contributed by atoms with E-state index < -0.39 is 6.10 Å². The third kappa shape index (κ3) is 2.69. The molecule has 0 aromatic heterocycles. The van der Waals surface area contributed by atoms with Gasteiger partial charge in [0.1, 0.15) is 6.10 Å². The molecule has 2 aromatic carbocycles. The average molecular weight is 281 g/mol. The van der Waals surface area contributed by atoms with E-state index in [4.69, 9.17) is 23.2 Å². The van der Waals surface area contributed by atoms with E-state index in [1.165, 1.54) is 0 Å². The molecule has 0 spiro atoms. The highest BCUT2D eigenvalue weighted by Gasteiger charge is 2.17. The van der Waals surface area contributed by atoms with Crippen LogP contribution >= 0.6 is 23.2 Å². The molecule has 0 radical (unpaired) electrons. The number of hydrogen-bond acceptors (Lipinski definition) is 1. The Hall–Kier alpha value is -1.02. The molecule has 0 bridgehead atoms. The van der Waals surface area contributed by atoms with Crippen molar-refractivity contribution in [3.05, 3.63) is 68.7 Å². The van der Waals surface area contributed by atoms with Gasteiger partial charge in [-0.1, -0.05) is 58.6 Å². The maximum absolute atomic E-state index is 10.4. The summed E-state index contributed by atoms with van der Waals surface area (Å²) in [4.78, 5) is 0. The molecule has 0 aliphatic carbocycles. The number of aliphatic hydroxyl groups excluding tert-OH is 1. The van der Waals surface area contributed by atoms with Gasteiger partial charge >= 0.3 is 0 Å². The molecule has 1 N–H and O–H groups in total. The van der Waals surface area contributed by atoms with Crippen LogP contribution < -0.4 is 0 Å². The fraction of sp³-hybridized carbons (Fsp3) is 0.200. The van der Waals surface area contributed by atoms with Gasteiger partial charge in [0, 0.05) is 15.6 Å². The summed E-state index contributed by atoms with van der Waals surface area (Å²) in [6.07, 6.45) is -0.801. The first kappa shape index (κ1) is 13.4. The zero-order valence-electron chi connectivity index (χ0n) is 10.2. The number of benzene rings is 2. The molecule has 0 saturated heterocycles. The Morgan fingerprint density at radius 1 is 0.944 bits per heavy atom. The summed E-state index contributed by atoms with van der Waals surface area (Å²) in [5.74, 6) is 0. The van der Waals surface area contributed by atoms with Crippen molar-refractivity contribution >= 4 is 23.2 Å². The summed E-state index contributed by atoms with van der Waals surface area (Å²) < 4.78 is 0. The van der Waals surface area contributed by atoms with Gasteiger partial charge in [0.25, 0.3) is 0 Å². The third-order valence-electron chi connectivity index (χ3n) is 2.83. The lowest BCUT2D eigenvalue weighted by molar-refractivity contribution is 0.220. The second-order valence-corrected chi connectivity index (χ2v) is 5.27. The van der Waals surface area contributed by atoms with Crippen LogP contribution in [0.3, 0.4) is 0 Å². The van der Waals surface area contributed by atoms with E-state index in [2.05, 4.69) is 6.07 Å². The van der Waals surface area contributed by atoms with Gasteiger partial charge in [0.15, 0.2) is 0 Å². The summed E-state index contributed by atoms with van der Waals surface area (Å²) in [5.41, 5.74) is 3.58. The monoisotopic (exact) mass is 280 g/mol. The van der Waals surface area contributed by atoms with Gasteiger partial charge in [-0.2, -0.15) is 0 Å². The largest absolute Gasteiger partial charge is 0.384 e. The minimum absolute atomic E-state index is 0.481. The van der Waals surface area contributed by atoms with E-state index >= 15 is 0 Å². The van der Waals surface area contributed by atoms with E-state index in [1.807, 2.05) is 26.0 Å². The summed E-state index contributed by atoms with van der Waals surface area (Å²) in [6, 6.07) is 11.2. The van der Waals surface area contributed by atoms with Gasteiger partial charge < -0.3 is 5.11 Å². The first-order chi connectivity index (χ1) is 8.49. The molecule has 0 fully saturated rings. The predicted molar refractivity (Wildman–Crippen MR) is 76.4 cm³/mol. The summed E-state index contributed by atoms with van der Waals surface area (Å²) in [7, 11) is 0. The molecule has 94 valence electrons. The molecule has 2 rings (SSSR count). The Balaban J connectivity index is 2.51. The van der Waals surface area contributed by atoms with E-state index in [9.17, 15) is 5.11 Å². The zero-order valence-corrected chi connectivity index (χ0v) is 11.8. The van der Waals surface area contributed by atoms with Crippen LogP contribution in [0.15, 0.2) is 36.4 Å². The van der Waals surface area contributed by atoms with Crippen LogP contribution in [0.1, 0.15) is 28.4 Å². The van der Waals surface area contributed by atoms with Crippen LogP contribution in [0.2, 0.25) is 10.0 Å².